The molecule has 1 aliphatic carbocycles. The van der Waals surface area contributed by atoms with Gasteiger partial charge in [-0.25, -0.2) is 0 Å². The van der Waals surface area contributed by atoms with Crippen molar-refractivity contribution in [1.82, 2.24) is 0 Å². The first-order valence-corrected chi connectivity index (χ1v) is 6.21. The van der Waals surface area contributed by atoms with E-state index in [4.69, 9.17) is 9.47 Å². The minimum Gasteiger partial charge on any atom is -0.385 e. The molecular weight excluding hydrogens is 208 g/mol. The van der Waals surface area contributed by atoms with E-state index in [0.717, 1.165) is 25.7 Å². The lowest BCUT2D eigenvalue weighted by molar-refractivity contribution is -0.202. The van der Waals surface area contributed by atoms with E-state index in [1.807, 2.05) is 0 Å². The first-order chi connectivity index (χ1) is 7.70. The third kappa shape index (κ3) is 1.18. The fourth-order valence-corrected chi connectivity index (χ4v) is 3.60. The molecule has 3 atom stereocenters. The molecule has 0 radical (unpaired) electrons. The summed E-state index contributed by atoms with van der Waals surface area (Å²) in [6.45, 7) is 1.33. The average Bonchev–Trinajstić information content (AvgIpc) is 2.93. The van der Waals surface area contributed by atoms with Gasteiger partial charge in [0.05, 0.1) is 0 Å². The van der Waals surface area contributed by atoms with Crippen LogP contribution in [-0.4, -0.2) is 41.4 Å². The maximum Gasteiger partial charge on any atom is 0.195 e. The highest BCUT2D eigenvalue weighted by atomic mass is 16.6. The maximum absolute atomic E-state index is 12.3. The standard InChI is InChI=1S/C12H18O4/c13-9-3-6-11(4-1-7-15-11)12(10(9)14)5-2-8-16-12/h9,13H,1-8H2/t9-,11+,12+/m0/s1. The molecule has 4 heteroatoms. The average molecular weight is 226 g/mol. The summed E-state index contributed by atoms with van der Waals surface area (Å²) in [7, 11) is 0. The van der Waals surface area contributed by atoms with Crippen LogP contribution in [0.15, 0.2) is 0 Å². The molecule has 2 spiro atoms. The Morgan fingerprint density at radius 2 is 1.88 bits per heavy atom. The summed E-state index contributed by atoms with van der Waals surface area (Å²) in [6.07, 6.45) is 3.91. The number of fused-ring (bicyclic) bond motifs is 1. The van der Waals surface area contributed by atoms with Crippen molar-refractivity contribution in [2.75, 3.05) is 13.2 Å². The summed E-state index contributed by atoms with van der Waals surface area (Å²) in [5, 5.41) is 9.76. The Morgan fingerprint density at radius 3 is 2.50 bits per heavy atom. The van der Waals surface area contributed by atoms with E-state index in [-0.39, 0.29) is 5.78 Å². The van der Waals surface area contributed by atoms with Gasteiger partial charge in [-0.2, -0.15) is 0 Å². The number of ketones is 1. The highest BCUT2D eigenvalue weighted by Gasteiger charge is 2.64. The molecule has 3 fully saturated rings. The zero-order chi connectivity index (χ0) is 11.2. The summed E-state index contributed by atoms with van der Waals surface area (Å²) in [6, 6.07) is 0. The SMILES string of the molecule is O=C1[C@@H](O)CC[C@]2(CCCO2)[C@@]12CCCO2. The molecule has 90 valence electrons. The van der Waals surface area contributed by atoms with Gasteiger partial charge in [-0.15, -0.1) is 0 Å². The van der Waals surface area contributed by atoms with E-state index in [2.05, 4.69) is 0 Å². The smallest absolute Gasteiger partial charge is 0.195 e. The van der Waals surface area contributed by atoms with Gasteiger partial charge in [0, 0.05) is 13.2 Å². The van der Waals surface area contributed by atoms with E-state index in [9.17, 15) is 9.90 Å². The lowest BCUT2D eigenvalue weighted by atomic mass is 9.67. The summed E-state index contributed by atoms with van der Waals surface area (Å²) < 4.78 is 11.6. The Balaban J connectivity index is 2.01. The van der Waals surface area contributed by atoms with Gasteiger partial charge < -0.3 is 14.6 Å². The van der Waals surface area contributed by atoms with Crippen molar-refractivity contribution >= 4 is 5.78 Å². The lowest BCUT2D eigenvalue weighted by Crippen LogP contribution is -2.64. The first-order valence-electron chi connectivity index (χ1n) is 6.21. The van der Waals surface area contributed by atoms with Crippen molar-refractivity contribution in [3.8, 4) is 0 Å². The minimum absolute atomic E-state index is 0.141. The number of aliphatic hydroxyl groups is 1. The van der Waals surface area contributed by atoms with Crippen LogP contribution >= 0.6 is 0 Å². The third-order valence-corrected chi connectivity index (χ3v) is 4.38. The molecule has 2 heterocycles. The second-order valence-electron chi connectivity index (χ2n) is 5.14. The fraction of sp³-hybridized carbons (Fsp3) is 0.917. The van der Waals surface area contributed by atoms with Crippen LogP contribution in [0.1, 0.15) is 38.5 Å². The van der Waals surface area contributed by atoms with Crippen LogP contribution in [0.2, 0.25) is 0 Å². The van der Waals surface area contributed by atoms with Crippen LogP contribution in [-0.2, 0) is 14.3 Å². The third-order valence-electron chi connectivity index (χ3n) is 4.38. The minimum atomic E-state index is -0.854. The van der Waals surface area contributed by atoms with Gasteiger partial charge in [0.15, 0.2) is 11.4 Å². The normalized spacial score (nSPS) is 48.3. The number of carbonyl (C=O) groups is 1. The quantitative estimate of drug-likeness (QED) is 0.664. The Morgan fingerprint density at radius 1 is 1.12 bits per heavy atom. The topological polar surface area (TPSA) is 55.8 Å². The first kappa shape index (κ1) is 10.7. The molecule has 1 saturated carbocycles. The molecule has 16 heavy (non-hydrogen) atoms. The number of rotatable bonds is 0. The van der Waals surface area contributed by atoms with Crippen molar-refractivity contribution in [3.05, 3.63) is 0 Å². The molecular formula is C12H18O4. The predicted molar refractivity (Wildman–Crippen MR) is 56.1 cm³/mol. The van der Waals surface area contributed by atoms with E-state index in [0.29, 0.717) is 26.1 Å². The Labute approximate surface area is 94.9 Å². The van der Waals surface area contributed by atoms with Gasteiger partial charge in [-0.1, -0.05) is 0 Å². The number of carbonyl (C=O) groups excluding carboxylic acids is 1. The molecule has 0 amide bonds. The molecule has 0 aromatic carbocycles. The predicted octanol–water partition coefficient (Wildman–Crippen LogP) is 0.809. The Hall–Kier alpha value is -0.450. The molecule has 4 nitrogen and oxygen atoms in total. The van der Waals surface area contributed by atoms with Crippen molar-refractivity contribution in [2.24, 2.45) is 0 Å². The van der Waals surface area contributed by atoms with Gasteiger partial charge in [0.2, 0.25) is 0 Å². The van der Waals surface area contributed by atoms with Crippen LogP contribution in [0.3, 0.4) is 0 Å². The van der Waals surface area contributed by atoms with Crippen molar-refractivity contribution in [2.45, 2.75) is 55.8 Å². The summed E-state index contributed by atoms with van der Waals surface area (Å²) in [5.74, 6) is -0.141. The number of aliphatic hydroxyl groups excluding tert-OH is 1. The van der Waals surface area contributed by atoms with Crippen LogP contribution in [0.4, 0.5) is 0 Å². The van der Waals surface area contributed by atoms with E-state index >= 15 is 0 Å². The van der Waals surface area contributed by atoms with Crippen molar-refractivity contribution in [3.63, 3.8) is 0 Å². The van der Waals surface area contributed by atoms with Gasteiger partial charge in [-0.05, 0) is 38.5 Å². The summed E-state index contributed by atoms with van der Waals surface area (Å²) >= 11 is 0. The van der Waals surface area contributed by atoms with Crippen LogP contribution in [0.25, 0.3) is 0 Å². The van der Waals surface area contributed by atoms with Crippen molar-refractivity contribution < 1.29 is 19.4 Å². The Kier molecular flexibility index (Phi) is 2.35. The molecule has 0 aromatic rings. The summed E-state index contributed by atoms with van der Waals surface area (Å²) in [4.78, 5) is 12.3. The highest BCUT2D eigenvalue weighted by Crippen LogP contribution is 2.50. The van der Waals surface area contributed by atoms with E-state index in [1.54, 1.807) is 0 Å². The molecule has 2 aliphatic heterocycles. The Bertz CT molecular complexity index is 300. The van der Waals surface area contributed by atoms with E-state index in [1.165, 1.54) is 0 Å². The second kappa shape index (κ2) is 3.52. The molecule has 2 saturated heterocycles. The highest BCUT2D eigenvalue weighted by molar-refractivity contribution is 5.93. The molecule has 0 aromatic heterocycles. The number of hydrogen-bond donors (Lipinski definition) is 1. The summed E-state index contributed by atoms with van der Waals surface area (Å²) in [5.41, 5.74) is -1.26. The number of hydrogen-bond acceptors (Lipinski definition) is 4. The number of ether oxygens (including phenoxy) is 2. The van der Waals surface area contributed by atoms with Gasteiger partial charge in [0.1, 0.15) is 11.7 Å². The van der Waals surface area contributed by atoms with Crippen LogP contribution in [0.5, 0.6) is 0 Å². The molecule has 3 rings (SSSR count). The fourth-order valence-electron chi connectivity index (χ4n) is 3.60. The monoisotopic (exact) mass is 226 g/mol. The zero-order valence-corrected chi connectivity index (χ0v) is 9.41. The number of Topliss-reactive ketones (excluding diaryl/α,β-unsaturated/α-hetero) is 1. The van der Waals surface area contributed by atoms with Gasteiger partial charge in [0.25, 0.3) is 0 Å². The van der Waals surface area contributed by atoms with Crippen LogP contribution in [0, 0.1) is 0 Å². The second-order valence-corrected chi connectivity index (χ2v) is 5.14. The molecule has 0 bridgehead atoms. The van der Waals surface area contributed by atoms with E-state index < -0.39 is 17.3 Å². The van der Waals surface area contributed by atoms with Crippen molar-refractivity contribution in [1.29, 1.82) is 0 Å². The molecule has 1 N–H and O–H groups in total. The lowest BCUT2D eigenvalue weighted by Gasteiger charge is -2.48. The molecule has 0 unspecified atom stereocenters. The largest absolute Gasteiger partial charge is 0.385 e. The van der Waals surface area contributed by atoms with Gasteiger partial charge >= 0.3 is 0 Å². The van der Waals surface area contributed by atoms with Crippen LogP contribution < -0.4 is 0 Å². The maximum atomic E-state index is 12.3. The zero-order valence-electron chi connectivity index (χ0n) is 9.41. The van der Waals surface area contributed by atoms with Gasteiger partial charge in [-0.3, -0.25) is 4.79 Å². The molecule has 3 aliphatic rings.